The van der Waals surface area contributed by atoms with Crippen LogP contribution in [0.3, 0.4) is 0 Å². The van der Waals surface area contributed by atoms with Gasteiger partial charge in [-0.3, -0.25) is 4.98 Å². The molecular formula is C8H9N3O. The molecule has 0 fully saturated rings. The standard InChI is InChI=1S/C8H9N3O/c12-10-11-6-2-3-7-8(11)4-1-5-9-7/h1,4-5H,2-3,6H2. The zero-order valence-corrected chi connectivity index (χ0v) is 6.60. The number of nitrogens with zero attached hydrogens (tertiary/aromatic N) is 3. The summed E-state index contributed by atoms with van der Waals surface area (Å²) in [6, 6.07) is 3.70. The molecule has 1 aromatic heterocycles. The topological polar surface area (TPSA) is 45.6 Å². The number of hydrogen-bond donors (Lipinski definition) is 0. The zero-order valence-electron chi connectivity index (χ0n) is 6.60. The van der Waals surface area contributed by atoms with Crippen molar-refractivity contribution in [1.29, 1.82) is 0 Å². The second kappa shape index (κ2) is 2.89. The van der Waals surface area contributed by atoms with Gasteiger partial charge in [0.1, 0.15) is 0 Å². The number of pyridine rings is 1. The monoisotopic (exact) mass is 163 g/mol. The van der Waals surface area contributed by atoms with E-state index < -0.39 is 0 Å². The van der Waals surface area contributed by atoms with E-state index in [0.29, 0.717) is 6.54 Å². The third-order valence-electron chi connectivity index (χ3n) is 2.03. The van der Waals surface area contributed by atoms with Crippen LogP contribution in [0.2, 0.25) is 0 Å². The van der Waals surface area contributed by atoms with Crippen LogP contribution in [0.5, 0.6) is 0 Å². The third-order valence-corrected chi connectivity index (χ3v) is 2.03. The van der Waals surface area contributed by atoms with Crippen molar-refractivity contribution in [3.05, 3.63) is 28.9 Å². The van der Waals surface area contributed by atoms with Crippen LogP contribution in [-0.4, -0.2) is 11.5 Å². The fourth-order valence-corrected chi connectivity index (χ4v) is 1.46. The van der Waals surface area contributed by atoms with Gasteiger partial charge in [0.25, 0.3) is 0 Å². The quantitative estimate of drug-likeness (QED) is 0.589. The van der Waals surface area contributed by atoms with Crippen molar-refractivity contribution in [2.75, 3.05) is 11.6 Å². The summed E-state index contributed by atoms with van der Waals surface area (Å²) in [6.07, 6.45) is 3.64. The molecule has 0 aromatic carbocycles. The molecule has 0 N–H and O–H groups in total. The van der Waals surface area contributed by atoms with Gasteiger partial charge in [-0.1, -0.05) is 0 Å². The van der Waals surface area contributed by atoms with Crippen LogP contribution in [0.15, 0.2) is 23.6 Å². The number of aryl methyl sites for hydroxylation is 1. The van der Waals surface area contributed by atoms with Crippen molar-refractivity contribution in [3.8, 4) is 0 Å². The molecular weight excluding hydrogens is 154 g/mol. The normalized spacial score (nSPS) is 15.5. The van der Waals surface area contributed by atoms with Crippen LogP contribution in [0.4, 0.5) is 5.69 Å². The fourth-order valence-electron chi connectivity index (χ4n) is 1.46. The minimum absolute atomic E-state index is 0.711. The predicted molar refractivity (Wildman–Crippen MR) is 45.7 cm³/mol. The first-order chi connectivity index (χ1) is 5.92. The summed E-state index contributed by atoms with van der Waals surface area (Å²) < 4.78 is 0. The van der Waals surface area contributed by atoms with Gasteiger partial charge in [-0.25, -0.2) is 5.01 Å². The lowest BCUT2D eigenvalue weighted by Gasteiger charge is -2.22. The summed E-state index contributed by atoms with van der Waals surface area (Å²) >= 11 is 0. The second-order valence-corrected chi connectivity index (χ2v) is 2.78. The Balaban J connectivity index is 2.43. The molecule has 4 heteroatoms. The first kappa shape index (κ1) is 7.21. The van der Waals surface area contributed by atoms with E-state index in [2.05, 4.69) is 10.3 Å². The minimum atomic E-state index is 0.711. The number of nitroso groups, excluding NO2 is 1. The average molecular weight is 163 g/mol. The maximum Gasteiger partial charge on any atom is 0.0841 e. The van der Waals surface area contributed by atoms with Gasteiger partial charge in [0.2, 0.25) is 0 Å². The van der Waals surface area contributed by atoms with E-state index in [1.165, 1.54) is 5.01 Å². The number of aromatic nitrogens is 1. The maximum atomic E-state index is 10.4. The SMILES string of the molecule is O=NN1CCCc2ncccc21. The van der Waals surface area contributed by atoms with Crippen LogP contribution in [-0.2, 0) is 6.42 Å². The van der Waals surface area contributed by atoms with E-state index in [-0.39, 0.29) is 0 Å². The summed E-state index contributed by atoms with van der Waals surface area (Å²) in [5.41, 5.74) is 1.84. The van der Waals surface area contributed by atoms with Crippen molar-refractivity contribution in [2.45, 2.75) is 12.8 Å². The van der Waals surface area contributed by atoms with Crippen molar-refractivity contribution in [3.63, 3.8) is 0 Å². The molecule has 0 amide bonds. The van der Waals surface area contributed by atoms with E-state index in [4.69, 9.17) is 0 Å². The molecule has 2 heterocycles. The van der Waals surface area contributed by atoms with Gasteiger partial charge in [-0.15, -0.1) is 4.91 Å². The van der Waals surface area contributed by atoms with Crippen molar-refractivity contribution < 1.29 is 0 Å². The lowest BCUT2D eigenvalue weighted by molar-refractivity contribution is 0.696. The number of rotatable bonds is 1. The molecule has 0 saturated heterocycles. The molecule has 1 aromatic rings. The van der Waals surface area contributed by atoms with Gasteiger partial charge in [0, 0.05) is 12.7 Å². The smallest absolute Gasteiger partial charge is 0.0841 e. The lowest BCUT2D eigenvalue weighted by atomic mass is 10.1. The van der Waals surface area contributed by atoms with Crippen LogP contribution < -0.4 is 5.01 Å². The average Bonchev–Trinajstić information content (AvgIpc) is 2.17. The second-order valence-electron chi connectivity index (χ2n) is 2.78. The highest BCUT2D eigenvalue weighted by Crippen LogP contribution is 2.24. The van der Waals surface area contributed by atoms with E-state index in [1.807, 2.05) is 12.1 Å². The molecule has 0 aliphatic carbocycles. The maximum absolute atomic E-state index is 10.4. The van der Waals surface area contributed by atoms with Crippen molar-refractivity contribution >= 4 is 5.69 Å². The Morgan fingerprint density at radius 2 is 2.50 bits per heavy atom. The van der Waals surface area contributed by atoms with Crippen LogP contribution >= 0.6 is 0 Å². The highest BCUT2D eigenvalue weighted by atomic mass is 16.3. The van der Waals surface area contributed by atoms with Gasteiger partial charge >= 0.3 is 0 Å². The Kier molecular flexibility index (Phi) is 1.74. The van der Waals surface area contributed by atoms with Gasteiger partial charge in [0.15, 0.2) is 0 Å². The highest BCUT2D eigenvalue weighted by Gasteiger charge is 2.16. The van der Waals surface area contributed by atoms with E-state index in [0.717, 1.165) is 24.2 Å². The van der Waals surface area contributed by atoms with E-state index >= 15 is 0 Å². The molecule has 0 radical (unpaired) electrons. The molecule has 0 bridgehead atoms. The first-order valence-electron chi connectivity index (χ1n) is 3.96. The summed E-state index contributed by atoms with van der Waals surface area (Å²) in [5.74, 6) is 0. The van der Waals surface area contributed by atoms with Crippen molar-refractivity contribution in [1.82, 2.24) is 4.98 Å². The Bertz CT molecular complexity index is 300. The van der Waals surface area contributed by atoms with Crippen LogP contribution in [0, 0.1) is 4.91 Å². The van der Waals surface area contributed by atoms with E-state index in [1.54, 1.807) is 6.20 Å². The minimum Gasteiger partial charge on any atom is -0.259 e. The lowest BCUT2D eigenvalue weighted by Crippen LogP contribution is -2.23. The molecule has 62 valence electrons. The first-order valence-corrected chi connectivity index (χ1v) is 3.96. The summed E-state index contributed by atoms with van der Waals surface area (Å²) in [5, 5.41) is 4.40. The Morgan fingerprint density at radius 1 is 1.58 bits per heavy atom. The number of hydrogen-bond acceptors (Lipinski definition) is 3. The summed E-state index contributed by atoms with van der Waals surface area (Å²) in [6.45, 7) is 0.711. The number of fused-ring (bicyclic) bond motifs is 1. The molecule has 0 unspecified atom stereocenters. The largest absolute Gasteiger partial charge is 0.259 e. The van der Waals surface area contributed by atoms with Crippen LogP contribution in [0.1, 0.15) is 12.1 Å². The Morgan fingerprint density at radius 3 is 3.33 bits per heavy atom. The summed E-state index contributed by atoms with van der Waals surface area (Å²) in [4.78, 5) is 14.5. The van der Waals surface area contributed by atoms with Gasteiger partial charge in [-0.2, -0.15) is 0 Å². The molecule has 0 spiro atoms. The van der Waals surface area contributed by atoms with Gasteiger partial charge < -0.3 is 0 Å². The fraction of sp³-hybridized carbons (Fsp3) is 0.375. The van der Waals surface area contributed by atoms with Crippen LogP contribution in [0.25, 0.3) is 0 Å². The molecule has 1 aliphatic rings. The highest BCUT2D eigenvalue weighted by molar-refractivity contribution is 5.51. The molecule has 2 rings (SSSR count). The zero-order chi connectivity index (χ0) is 8.39. The molecule has 4 nitrogen and oxygen atoms in total. The molecule has 12 heavy (non-hydrogen) atoms. The van der Waals surface area contributed by atoms with Gasteiger partial charge in [0.05, 0.1) is 16.7 Å². The predicted octanol–water partition coefficient (Wildman–Crippen LogP) is 1.52. The molecule has 0 saturated carbocycles. The van der Waals surface area contributed by atoms with Crippen molar-refractivity contribution in [2.24, 2.45) is 5.29 Å². The van der Waals surface area contributed by atoms with Gasteiger partial charge in [-0.05, 0) is 25.0 Å². The molecule has 0 atom stereocenters. The summed E-state index contributed by atoms with van der Waals surface area (Å²) in [7, 11) is 0. The Hall–Kier alpha value is -1.45. The van der Waals surface area contributed by atoms with E-state index in [9.17, 15) is 4.91 Å². The third kappa shape index (κ3) is 1.05. The molecule has 1 aliphatic heterocycles. The Labute approximate surface area is 70.2 Å². The number of anilines is 1.